The van der Waals surface area contributed by atoms with Gasteiger partial charge in [0.25, 0.3) is 0 Å². The maximum atomic E-state index is 14.0. The van der Waals surface area contributed by atoms with Crippen LogP contribution in [0.5, 0.6) is 0 Å². The molecule has 0 amide bonds. The van der Waals surface area contributed by atoms with Crippen LogP contribution >= 0.6 is 15.9 Å². The molecule has 1 aromatic carbocycles. The minimum atomic E-state index is -0.264. The predicted molar refractivity (Wildman–Crippen MR) is 77.8 cm³/mol. The van der Waals surface area contributed by atoms with Crippen molar-refractivity contribution in [3.8, 4) is 5.69 Å². The molecule has 2 aromatic rings. The van der Waals surface area contributed by atoms with Gasteiger partial charge in [-0.3, -0.25) is 0 Å². The summed E-state index contributed by atoms with van der Waals surface area (Å²) < 4.78 is 16.4. The van der Waals surface area contributed by atoms with Crippen LogP contribution in [0, 0.1) is 11.7 Å². The monoisotopic (exact) mass is 325 g/mol. The number of nitrogens with one attached hydrogen (secondary N) is 1. The van der Waals surface area contributed by atoms with E-state index in [9.17, 15) is 4.39 Å². The van der Waals surface area contributed by atoms with E-state index in [0.717, 1.165) is 16.6 Å². The van der Waals surface area contributed by atoms with E-state index in [2.05, 4.69) is 40.2 Å². The second-order valence-electron chi connectivity index (χ2n) is 4.91. The average Bonchev–Trinajstić information content (AvgIpc) is 2.75. The fourth-order valence-corrected chi connectivity index (χ4v) is 2.07. The van der Waals surface area contributed by atoms with Gasteiger partial charge < -0.3 is 5.32 Å². The van der Waals surface area contributed by atoms with Crippen molar-refractivity contribution in [2.75, 3.05) is 6.54 Å². The van der Waals surface area contributed by atoms with Crippen LogP contribution in [-0.4, -0.2) is 16.3 Å². The summed E-state index contributed by atoms with van der Waals surface area (Å²) in [6.45, 7) is 5.90. The molecule has 1 aromatic heterocycles. The Morgan fingerprint density at radius 2 is 2.21 bits per heavy atom. The zero-order chi connectivity index (χ0) is 13.8. The van der Waals surface area contributed by atoms with Gasteiger partial charge in [0.15, 0.2) is 0 Å². The fourth-order valence-electron chi connectivity index (χ4n) is 1.78. The Kier molecular flexibility index (Phi) is 4.71. The molecule has 1 heterocycles. The van der Waals surface area contributed by atoms with Crippen LogP contribution in [0.3, 0.4) is 0 Å². The Hall–Kier alpha value is -1.20. The Balaban J connectivity index is 2.09. The van der Waals surface area contributed by atoms with Crippen molar-refractivity contribution in [3.05, 3.63) is 46.4 Å². The SMILES string of the molecule is CC(C)CNCc1ccc(-n2cc(Br)cn2)c(F)c1. The molecule has 5 heteroatoms. The summed E-state index contributed by atoms with van der Waals surface area (Å²) >= 11 is 3.30. The van der Waals surface area contributed by atoms with E-state index >= 15 is 0 Å². The summed E-state index contributed by atoms with van der Waals surface area (Å²) in [7, 11) is 0. The van der Waals surface area contributed by atoms with Gasteiger partial charge in [-0.05, 0) is 46.1 Å². The Morgan fingerprint density at radius 3 is 2.79 bits per heavy atom. The Morgan fingerprint density at radius 1 is 1.42 bits per heavy atom. The van der Waals surface area contributed by atoms with Crippen LogP contribution in [0.2, 0.25) is 0 Å². The first-order chi connectivity index (χ1) is 9.06. The largest absolute Gasteiger partial charge is 0.312 e. The van der Waals surface area contributed by atoms with Gasteiger partial charge in [0.05, 0.1) is 10.7 Å². The lowest BCUT2D eigenvalue weighted by Gasteiger charge is -2.09. The standard InChI is InChI=1S/C14H17BrFN3/c1-10(2)6-17-7-11-3-4-14(13(16)5-11)19-9-12(15)8-18-19/h3-5,8-10,17H,6-7H2,1-2H3. The quantitative estimate of drug-likeness (QED) is 0.911. The van der Waals surface area contributed by atoms with Crippen molar-refractivity contribution < 1.29 is 4.39 Å². The van der Waals surface area contributed by atoms with Crippen molar-refractivity contribution in [2.24, 2.45) is 5.92 Å². The summed E-state index contributed by atoms with van der Waals surface area (Å²) in [5, 5.41) is 7.37. The second-order valence-corrected chi connectivity index (χ2v) is 5.83. The molecule has 0 spiro atoms. The van der Waals surface area contributed by atoms with Crippen LogP contribution < -0.4 is 5.32 Å². The third-order valence-electron chi connectivity index (χ3n) is 2.69. The average molecular weight is 326 g/mol. The van der Waals surface area contributed by atoms with Crippen molar-refractivity contribution in [1.82, 2.24) is 15.1 Å². The van der Waals surface area contributed by atoms with Gasteiger partial charge >= 0.3 is 0 Å². The van der Waals surface area contributed by atoms with Crippen molar-refractivity contribution in [1.29, 1.82) is 0 Å². The van der Waals surface area contributed by atoms with E-state index in [0.29, 0.717) is 18.2 Å². The van der Waals surface area contributed by atoms with Crippen LogP contribution in [0.4, 0.5) is 4.39 Å². The van der Waals surface area contributed by atoms with Gasteiger partial charge in [-0.25, -0.2) is 9.07 Å². The predicted octanol–water partition coefficient (Wildman–Crippen LogP) is 3.52. The van der Waals surface area contributed by atoms with E-state index < -0.39 is 0 Å². The molecule has 102 valence electrons. The lowest BCUT2D eigenvalue weighted by molar-refractivity contribution is 0.549. The van der Waals surface area contributed by atoms with Gasteiger partial charge in [-0.2, -0.15) is 5.10 Å². The second kappa shape index (κ2) is 6.30. The highest BCUT2D eigenvalue weighted by Crippen LogP contribution is 2.17. The summed E-state index contributed by atoms with van der Waals surface area (Å²) in [6, 6.07) is 5.22. The van der Waals surface area contributed by atoms with Crippen molar-refractivity contribution in [2.45, 2.75) is 20.4 Å². The molecule has 2 rings (SSSR count). The van der Waals surface area contributed by atoms with E-state index in [1.807, 2.05) is 6.07 Å². The molecule has 0 saturated carbocycles. The summed E-state index contributed by atoms with van der Waals surface area (Å²) in [5.74, 6) is 0.324. The molecule has 0 atom stereocenters. The lowest BCUT2D eigenvalue weighted by atomic mass is 10.1. The summed E-state index contributed by atoms with van der Waals surface area (Å²) in [4.78, 5) is 0. The Bertz CT molecular complexity index is 551. The smallest absolute Gasteiger partial charge is 0.149 e. The fraction of sp³-hybridized carbons (Fsp3) is 0.357. The molecular weight excluding hydrogens is 309 g/mol. The molecule has 19 heavy (non-hydrogen) atoms. The highest BCUT2D eigenvalue weighted by molar-refractivity contribution is 9.10. The minimum Gasteiger partial charge on any atom is -0.312 e. The topological polar surface area (TPSA) is 29.9 Å². The van der Waals surface area contributed by atoms with Gasteiger partial charge in [-0.15, -0.1) is 0 Å². The van der Waals surface area contributed by atoms with Crippen LogP contribution in [0.15, 0.2) is 35.1 Å². The van der Waals surface area contributed by atoms with Crippen LogP contribution in [-0.2, 0) is 6.54 Å². The third kappa shape index (κ3) is 3.88. The van der Waals surface area contributed by atoms with Gasteiger partial charge in [0.2, 0.25) is 0 Å². The molecule has 0 bridgehead atoms. The van der Waals surface area contributed by atoms with Crippen LogP contribution in [0.25, 0.3) is 5.69 Å². The first-order valence-electron chi connectivity index (χ1n) is 6.26. The number of aromatic nitrogens is 2. The normalized spacial score (nSPS) is 11.2. The first-order valence-corrected chi connectivity index (χ1v) is 7.05. The zero-order valence-electron chi connectivity index (χ0n) is 11.0. The molecule has 0 fully saturated rings. The van der Waals surface area contributed by atoms with Crippen LogP contribution in [0.1, 0.15) is 19.4 Å². The maximum absolute atomic E-state index is 14.0. The number of hydrogen-bond acceptors (Lipinski definition) is 2. The zero-order valence-corrected chi connectivity index (χ0v) is 12.6. The van der Waals surface area contributed by atoms with Gasteiger partial charge in [0, 0.05) is 12.7 Å². The van der Waals surface area contributed by atoms with E-state index in [1.165, 1.54) is 4.68 Å². The lowest BCUT2D eigenvalue weighted by Crippen LogP contribution is -2.19. The molecule has 0 aliphatic heterocycles. The Labute approximate surface area is 121 Å². The number of benzene rings is 1. The molecule has 1 N–H and O–H groups in total. The van der Waals surface area contributed by atoms with E-state index in [1.54, 1.807) is 24.5 Å². The number of rotatable bonds is 5. The molecule has 0 unspecified atom stereocenters. The molecule has 3 nitrogen and oxygen atoms in total. The molecule has 0 saturated heterocycles. The first kappa shape index (κ1) is 14.2. The maximum Gasteiger partial charge on any atom is 0.149 e. The summed E-state index contributed by atoms with van der Waals surface area (Å²) in [5.41, 5.74) is 1.39. The number of hydrogen-bond donors (Lipinski definition) is 1. The molecule has 0 aliphatic rings. The third-order valence-corrected chi connectivity index (χ3v) is 3.10. The van der Waals surface area contributed by atoms with Gasteiger partial charge in [0.1, 0.15) is 11.5 Å². The number of nitrogens with zero attached hydrogens (tertiary/aromatic N) is 2. The van der Waals surface area contributed by atoms with E-state index in [-0.39, 0.29) is 5.82 Å². The molecular formula is C14H17BrFN3. The highest BCUT2D eigenvalue weighted by atomic mass is 79.9. The highest BCUT2D eigenvalue weighted by Gasteiger charge is 2.07. The molecule has 0 aliphatic carbocycles. The van der Waals surface area contributed by atoms with Crippen molar-refractivity contribution >= 4 is 15.9 Å². The number of halogens is 2. The molecule has 0 radical (unpaired) electrons. The summed E-state index contributed by atoms with van der Waals surface area (Å²) in [6.07, 6.45) is 3.37. The van der Waals surface area contributed by atoms with Gasteiger partial charge in [-0.1, -0.05) is 19.9 Å². The van der Waals surface area contributed by atoms with Crippen molar-refractivity contribution in [3.63, 3.8) is 0 Å². The van der Waals surface area contributed by atoms with E-state index in [4.69, 9.17) is 0 Å². The minimum absolute atomic E-state index is 0.264.